The number of ether oxygens (including phenoxy) is 2. The third-order valence-electron chi connectivity index (χ3n) is 5.78. The highest BCUT2D eigenvalue weighted by molar-refractivity contribution is 6.35. The zero-order chi connectivity index (χ0) is 20.0. The predicted molar refractivity (Wildman–Crippen MR) is 92.7 cm³/mol. The van der Waals surface area contributed by atoms with Gasteiger partial charge in [0, 0.05) is 29.5 Å². The Morgan fingerprint density at radius 2 is 1.63 bits per heavy atom. The fraction of sp³-hybridized carbons (Fsp3) is 0.368. The number of hydrogen-bond donors (Lipinski definition) is 4. The van der Waals surface area contributed by atoms with E-state index in [1.165, 1.54) is 0 Å². The van der Waals surface area contributed by atoms with Gasteiger partial charge in [0.05, 0.1) is 16.5 Å². The van der Waals surface area contributed by atoms with Crippen LogP contribution in [0.2, 0.25) is 0 Å². The van der Waals surface area contributed by atoms with Crippen molar-refractivity contribution in [1.82, 2.24) is 0 Å². The summed E-state index contributed by atoms with van der Waals surface area (Å²) >= 11 is 0. The zero-order valence-corrected chi connectivity index (χ0v) is 15.1. The van der Waals surface area contributed by atoms with Crippen molar-refractivity contribution in [3.8, 4) is 23.0 Å². The van der Waals surface area contributed by atoms with Crippen LogP contribution in [-0.2, 0) is 10.2 Å². The Kier molecular flexibility index (Phi) is 3.19. The molecule has 0 radical (unpaired) electrons. The Hall–Kier alpha value is -2.84. The molecule has 0 saturated carbocycles. The first kappa shape index (κ1) is 17.6. The molecule has 0 spiro atoms. The van der Waals surface area contributed by atoms with Crippen molar-refractivity contribution in [3.05, 3.63) is 22.8 Å². The lowest BCUT2D eigenvalue weighted by atomic mass is 9.75. The SMILES string of the molecule is COC1(O)C(=O)c2c(O)cc(O)c3c4c(c(O)c(c23)C1=O)C(C)(C)C(C)O4. The van der Waals surface area contributed by atoms with Gasteiger partial charge in [-0.3, -0.25) is 9.59 Å². The largest absolute Gasteiger partial charge is 0.507 e. The number of carbonyl (C=O) groups is 2. The van der Waals surface area contributed by atoms with Gasteiger partial charge in [-0.25, -0.2) is 0 Å². The molecular weight excluding hydrogens is 356 g/mol. The van der Waals surface area contributed by atoms with E-state index in [0.717, 1.165) is 13.2 Å². The van der Waals surface area contributed by atoms with Crippen molar-refractivity contribution in [2.75, 3.05) is 7.11 Å². The predicted octanol–water partition coefficient (Wildman–Crippen LogP) is 1.73. The molecule has 0 saturated heterocycles. The van der Waals surface area contributed by atoms with Crippen LogP contribution in [0.1, 0.15) is 47.1 Å². The Morgan fingerprint density at radius 3 is 2.22 bits per heavy atom. The number of benzene rings is 2. The highest BCUT2D eigenvalue weighted by Gasteiger charge is 2.55. The summed E-state index contributed by atoms with van der Waals surface area (Å²) in [5.74, 6) is -6.68. The summed E-state index contributed by atoms with van der Waals surface area (Å²) in [6.07, 6.45) is -0.415. The molecule has 2 aromatic rings. The topological polar surface area (TPSA) is 134 Å². The number of ketones is 2. The summed E-state index contributed by atoms with van der Waals surface area (Å²) in [5.41, 5.74) is -1.30. The first-order chi connectivity index (χ1) is 12.5. The number of aromatic hydroxyl groups is 3. The van der Waals surface area contributed by atoms with Gasteiger partial charge < -0.3 is 29.9 Å². The highest BCUT2D eigenvalue weighted by atomic mass is 16.6. The number of Topliss-reactive ketones (excluding diaryl/α,β-unsaturated/α-hetero) is 2. The van der Waals surface area contributed by atoms with Gasteiger partial charge in [-0.2, -0.15) is 0 Å². The lowest BCUT2D eigenvalue weighted by molar-refractivity contribution is -0.114. The van der Waals surface area contributed by atoms with E-state index in [4.69, 9.17) is 9.47 Å². The summed E-state index contributed by atoms with van der Waals surface area (Å²) in [5, 5.41) is 42.0. The minimum absolute atomic E-state index is 0.0166. The van der Waals surface area contributed by atoms with Gasteiger partial charge in [0.15, 0.2) is 0 Å². The van der Waals surface area contributed by atoms with Gasteiger partial charge in [0.25, 0.3) is 5.79 Å². The molecule has 4 N–H and O–H groups in total. The average Bonchev–Trinajstić information content (AvgIpc) is 2.82. The third kappa shape index (κ3) is 1.79. The minimum atomic E-state index is -2.89. The van der Waals surface area contributed by atoms with E-state index in [2.05, 4.69) is 0 Å². The summed E-state index contributed by atoms with van der Waals surface area (Å²) in [6, 6.07) is 0.932. The second-order valence-electron chi connectivity index (χ2n) is 7.46. The second kappa shape index (κ2) is 4.90. The first-order valence-corrected chi connectivity index (χ1v) is 8.30. The summed E-state index contributed by atoms with van der Waals surface area (Å²) < 4.78 is 10.6. The van der Waals surface area contributed by atoms with Gasteiger partial charge in [-0.05, 0) is 6.92 Å². The van der Waals surface area contributed by atoms with Crippen LogP contribution in [0, 0.1) is 0 Å². The molecule has 0 aromatic heterocycles. The molecule has 8 heteroatoms. The molecule has 1 heterocycles. The van der Waals surface area contributed by atoms with Crippen LogP contribution in [-0.4, -0.2) is 51.0 Å². The van der Waals surface area contributed by atoms with Crippen molar-refractivity contribution in [3.63, 3.8) is 0 Å². The fourth-order valence-electron chi connectivity index (χ4n) is 3.93. The van der Waals surface area contributed by atoms with Crippen LogP contribution in [0.15, 0.2) is 6.07 Å². The smallest absolute Gasteiger partial charge is 0.297 e. The average molecular weight is 374 g/mol. The van der Waals surface area contributed by atoms with E-state index in [0.29, 0.717) is 0 Å². The maximum absolute atomic E-state index is 12.9. The molecule has 2 unspecified atom stereocenters. The van der Waals surface area contributed by atoms with E-state index in [9.17, 15) is 30.0 Å². The van der Waals surface area contributed by atoms with Crippen LogP contribution in [0.4, 0.5) is 0 Å². The molecular formula is C19H18O8. The lowest BCUT2D eigenvalue weighted by Gasteiger charge is -2.31. The molecule has 2 aliphatic rings. The Morgan fingerprint density at radius 1 is 1.04 bits per heavy atom. The number of hydrogen-bond acceptors (Lipinski definition) is 8. The molecule has 0 fully saturated rings. The maximum atomic E-state index is 12.9. The Labute approximate surface area is 153 Å². The molecule has 142 valence electrons. The molecule has 27 heavy (non-hydrogen) atoms. The van der Waals surface area contributed by atoms with Crippen molar-refractivity contribution in [2.45, 2.75) is 38.1 Å². The molecule has 1 aliphatic carbocycles. The normalized spacial score (nSPS) is 25.6. The number of phenols is 3. The van der Waals surface area contributed by atoms with E-state index in [-0.39, 0.29) is 22.1 Å². The van der Waals surface area contributed by atoms with Crippen molar-refractivity contribution in [1.29, 1.82) is 0 Å². The monoisotopic (exact) mass is 374 g/mol. The van der Waals surface area contributed by atoms with E-state index >= 15 is 0 Å². The van der Waals surface area contributed by atoms with Gasteiger partial charge in [-0.1, -0.05) is 13.8 Å². The minimum Gasteiger partial charge on any atom is -0.507 e. The molecule has 1 aliphatic heterocycles. The maximum Gasteiger partial charge on any atom is 0.297 e. The first-order valence-electron chi connectivity index (χ1n) is 8.30. The summed E-state index contributed by atoms with van der Waals surface area (Å²) in [4.78, 5) is 25.7. The van der Waals surface area contributed by atoms with Crippen LogP contribution >= 0.6 is 0 Å². The van der Waals surface area contributed by atoms with Crippen LogP contribution in [0.5, 0.6) is 23.0 Å². The molecule has 0 bridgehead atoms. The quantitative estimate of drug-likeness (QED) is 0.438. The number of fused-ring (bicyclic) bond motifs is 2. The molecule has 8 nitrogen and oxygen atoms in total. The number of methoxy groups -OCH3 is 1. The van der Waals surface area contributed by atoms with Crippen LogP contribution in [0.3, 0.4) is 0 Å². The van der Waals surface area contributed by atoms with Crippen molar-refractivity contribution < 1.29 is 39.5 Å². The van der Waals surface area contributed by atoms with E-state index in [1.54, 1.807) is 20.8 Å². The second-order valence-corrected chi connectivity index (χ2v) is 7.46. The van der Waals surface area contributed by atoms with Gasteiger partial charge in [0.1, 0.15) is 29.1 Å². The number of carbonyl (C=O) groups excluding carboxylic acids is 2. The highest BCUT2D eigenvalue weighted by Crippen LogP contribution is 2.57. The molecule has 2 aromatic carbocycles. The standard InChI is InChI=1S/C19H18O8/c1-6-18(2,3)13-14(22)12-11-9(15(13)27-6)7(20)5-8(21)10(11)16(23)19(25,26-4)17(12)24/h5-6,20-22,25H,1-4H3. The Bertz CT molecular complexity index is 1070. The summed E-state index contributed by atoms with van der Waals surface area (Å²) in [6.45, 7) is 5.35. The van der Waals surface area contributed by atoms with Crippen molar-refractivity contribution in [2.24, 2.45) is 0 Å². The number of rotatable bonds is 1. The van der Waals surface area contributed by atoms with E-state index in [1.807, 2.05) is 0 Å². The summed E-state index contributed by atoms with van der Waals surface area (Å²) in [7, 11) is 0.967. The van der Waals surface area contributed by atoms with Gasteiger partial charge in [0.2, 0.25) is 11.6 Å². The Balaban J connectivity index is 2.31. The van der Waals surface area contributed by atoms with Gasteiger partial charge in [-0.15, -0.1) is 0 Å². The molecule has 2 atom stereocenters. The zero-order valence-electron chi connectivity index (χ0n) is 15.1. The molecule has 0 amide bonds. The number of aliphatic hydroxyl groups is 1. The fourth-order valence-corrected chi connectivity index (χ4v) is 3.93. The van der Waals surface area contributed by atoms with E-state index < -0.39 is 57.2 Å². The third-order valence-corrected chi connectivity index (χ3v) is 5.78. The van der Waals surface area contributed by atoms with Gasteiger partial charge >= 0.3 is 0 Å². The van der Waals surface area contributed by atoms with Crippen LogP contribution < -0.4 is 4.74 Å². The lowest BCUT2D eigenvalue weighted by Crippen LogP contribution is -2.51. The van der Waals surface area contributed by atoms with Crippen molar-refractivity contribution >= 4 is 22.3 Å². The number of phenolic OH excluding ortho intramolecular Hbond substituents is 3. The van der Waals surface area contributed by atoms with Crippen LogP contribution in [0.25, 0.3) is 10.8 Å². The molecule has 4 rings (SSSR count).